The lowest BCUT2D eigenvalue weighted by atomic mass is 10.1. The van der Waals surface area contributed by atoms with E-state index >= 15 is 0 Å². The number of benzene rings is 2. The maximum Gasteiger partial charge on any atom is 0.335 e. The van der Waals surface area contributed by atoms with Crippen LogP contribution in [-0.2, 0) is 6.54 Å². The van der Waals surface area contributed by atoms with Gasteiger partial charge in [-0.3, -0.25) is 0 Å². The molecule has 6 heteroatoms. The molecule has 0 aliphatic heterocycles. The van der Waals surface area contributed by atoms with E-state index in [1.807, 2.05) is 30.3 Å². The smallest absolute Gasteiger partial charge is 0.335 e. The van der Waals surface area contributed by atoms with Gasteiger partial charge in [-0.2, -0.15) is 4.80 Å². The molecule has 0 atom stereocenters. The van der Waals surface area contributed by atoms with E-state index in [-0.39, 0.29) is 5.56 Å². The summed E-state index contributed by atoms with van der Waals surface area (Å²) in [6.07, 6.45) is 0. The summed E-state index contributed by atoms with van der Waals surface area (Å²) >= 11 is 0. The Balaban J connectivity index is 1.77. The van der Waals surface area contributed by atoms with Gasteiger partial charge in [-0.1, -0.05) is 42.5 Å². The van der Waals surface area contributed by atoms with Crippen LogP contribution in [0.1, 0.15) is 15.9 Å². The molecule has 1 heterocycles. The largest absolute Gasteiger partial charge is 0.478 e. The third-order valence-corrected chi connectivity index (χ3v) is 3.01. The predicted octanol–water partition coefficient (Wildman–Crippen LogP) is 2.09. The number of hydrogen-bond donors (Lipinski definition) is 1. The van der Waals surface area contributed by atoms with Gasteiger partial charge in [-0.25, -0.2) is 4.79 Å². The number of carboxylic acid groups (broad SMARTS) is 1. The molecule has 104 valence electrons. The molecule has 0 bridgehead atoms. The zero-order valence-electron chi connectivity index (χ0n) is 11.0. The van der Waals surface area contributed by atoms with Crippen LogP contribution < -0.4 is 0 Å². The minimum atomic E-state index is -0.938. The summed E-state index contributed by atoms with van der Waals surface area (Å²) in [6.45, 7) is 0.444. The lowest BCUT2D eigenvalue weighted by molar-refractivity contribution is 0.0697. The number of carboxylic acids is 1. The van der Waals surface area contributed by atoms with Crippen LogP contribution in [0.2, 0.25) is 0 Å². The molecule has 0 amide bonds. The number of aromatic carboxylic acids is 1. The van der Waals surface area contributed by atoms with Crippen LogP contribution in [-0.4, -0.2) is 31.3 Å². The molecule has 0 unspecified atom stereocenters. The molecule has 0 saturated carbocycles. The Morgan fingerprint density at radius 3 is 2.43 bits per heavy atom. The summed E-state index contributed by atoms with van der Waals surface area (Å²) < 4.78 is 0. The van der Waals surface area contributed by atoms with Crippen molar-refractivity contribution >= 4 is 5.97 Å². The second-order valence-electron chi connectivity index (χ2n) is 4.51. The Morgan fingerprint density at radius 2 is 1.76 bits per heavy atom. The molecule has 0 spiro atoms. The van der Waals surface area contributed by atoms with Crippen LogP contribution in [0.5, 0.6) is 0 Å². The Hall–Kier alpha value is -3.02. The van der Waals surface area contributed by atoms with Gasteiger partial charge in [0.1, 0.15) is 0 Å². The van der Waals surface area contributed by atoms with Gasteiger partial charge in [0, 0.05) is 5.56 Å². The second-order valence-corrected chi connectivity index (χ2v) is 4.51. The maximum atomic E-state index is 10.8. The van der Waals surface area contributed by atoms with E-state index in [4.69, 9.17) is 5.11 Å². The number of carbonyl (C=O) groups is 1. The Morgan fingerprint density at radius 1 is 1.05 bits per heavy atom. The molecule has 0 fully saturated rings. The molecule has 3 rings (SSSR count). The van der Waals surface area contributed by atoms with E-state index < -0.39 is 5.97 Å². The average molecular weight is 280 g/mol. The first kappa shape index (κ1) is 13.0. The molecule has 1 aromatic heterocycles. The Bertz CT molecular complexity index is 751. The van der Waals surface area contributed by atoms with Crippen LogP contribution in [0.15, 0.2) is 54.6 Å². The van der Waals surface area contributed by atoms with E-state index in [0.717, 1.165) is 11.1 Å². The van der Waals surface area contributed by atoms with Gasteiger partial charge in [-0.15, -0.1) is 10.2 Å². The zero-order chi connectivity index (χ0) is 14.7. The van der Waals surface area contributed by atoms with Crippen LogP contribution in [0.4, 0.5) is 0 Å². The van der Waals surface area contributed by atoms with Crippen LogP contribution >= 0.6 is 0 Å². The minimum absolute atomic E-state index is 0.260. The highest BCUT2D eigenvalue weighted by Gasteiger charge is 2.06. The van der Waals surface area contributed by atoms with Gasteiger partial charge in [-0.05, 0) is 22.9 Å². The Labute approximate surface area is 120 Å². The van der Waals surface area contributed by atoms with E-state index in [0.29, 0.717) is 12.4 Å². The van der Waals surface area contributed by atoms with Crippen molar-refractivity contribution in [2.75, 3.05) is 0 Å². The third kappa shape index (κ3) is 2.94. The fourth-order valence-corrected chi connectivity index (χ4v) is 1.93. The van der Waals surface area contributed by atoms with Crippen molar-refractivity contribution < 1.29 is 9.90 Å². The quantitative estimate of drug-likeness (QED) is 0.791. The van der Waals surface area contributed by atoms with Crippen molar-refractivity contribution in [3.63, 3.8) is 0 Å². The summed E-state index contributed by atoms with van der Waals surface area (Å²) in [5, 5.41) is 21.2. The fraction of sp³-hybridized carbons (Fsp3) is 0.0667. The van der Waals surface area contributed by atoms with Crippen molar-refractivity contribution in [1.29, 1.82) is 0 Å². The maximum absolute atomic E-state index is 10.8. The SMILES string of the molecule is O=C(O)c1ccc(Cn2nnc(-c3ccccc3)n2)cc1. The summed E-state index contributed by atoms with van der Waals surface area (Å²) in [7, 11) is 0. The monoisotopic (exact) mass is 280 g/mol. The second kappa shape index (κ2) is 5.54. The lowest BCUT2D eigenvalue weighted by Gasteiger charge is -2.00. The van der Waals surface area contributed by atoms with Crippen LogP contribution in [0.25, 0.3) is 11.4 Å². The summed E-state index contributed by atoms with van der Waals surface area (Å²) in [4.78, 5) is 12.3. The molecule has 21 heavy (non-hydrogen) atoms. The molecule has 2 aromatic carbocycles. The van der Waals surface area contributed by atoms with Crippen molar-refractivity contribution in [2.45, 2.75) is 6.54 Å². The molecular formula is C15H12N4O2. The third-order valence-electron chi connectivity index (χ3n) is 3.01. The predicted molar refractivity (Wildman–Crippen MR) is 75.8 cm³/mol. The highest BCUT2D eigenvalue weighted by Crippen LogP contribution is 2.12. The first-order valence-corrected chi connectivity index (χ1v) is 6.38. The highest BCUT2D eigenvalue weighted by molar-refractivity contribution is 5.87. The molecular weight excluding hydrogens is 268 g/mol. The lowest BCUT2D eigenvalue weighted by Crippen LogP contribution is -2.04. The van der Waals surface area contributed by atoms with Gasteiger partial charge in [0.2, 0.25) is 5.82 Å². The Kier molecular flexibility index (Phi) is 3.42. The van der Waals surface area contributed by atoms with Crippen molar-refractivity contribution in [1.82, 2.24) is 20.2 Å². The van der Waals surface area contributed by atoms with Crippen molar-refractivity contribution in [3.05, 3.63) is 65.7 Å². The number of nitrogens with zero attached hydrogens (tertiary/aromatic N) is 4. The highest BCUT2D eigenvalue weighted by atomic mass is 16.4. The van der Waals surface area contributed by atoms with Crippen molar-refractivity contribution in [3.8, 4) is 11.4 Å². The van der Waals surface area contributed by atoms with E-state index in [2.05, 4.69) is 15.4 Å². The number of aromatic nitrogens is 4. The molecule has 0 aliphatic carbocycles. The fourth-order valence-electron chi connectivity index (χ4n) is 1.93. The van der Waals surface area contributed by atoms with Gasteiger partial charge < -0.3 is 5.11 Å². The topological polar surface area (TPSA) is 80.9 Å². The van der Waals surface area contributed by atoms with Crippen molar-refractivity contribution in [2.24, 2.45) is 0 Å². The molecule has 0 aliphatic rings. The molecule has 0 saturated heterocycles. The number of hydrogen-bond acceptors (Lipinski definition) is 4. The minimum Gasteiger partial charge on any atom is -0.478 e. The van der Waals surface area contributed by atoms with Gasteiger partial charge >= 0.3 is 5.97 Å². The molecule has 1 N–H and O–H groups in total. The number of tetrazole rings is 1. The summed E-state index contributed by atoms with van der Waals surface area (Å²) in [6, 6.07) is 16.2. The summed E-state index contributed by atoms with van der Waals surface area (Å²) in [5.74, 6) is -0.371. The average Bonchev–Trinajstić information content (AvgIpc) is 2.97. The van der Waals surface area contributed by atoms with Crippen LogP contribution in [0, 0.1) is 0 Å². The summed E-state index contributed by atoms with van der Waals surface area (Å²) in [5.41, 5.74) is 2.08. The molecule has 0 radical (unpaired) electrons. The van der Waals surface area contributed by atoms with Gasteiger partial charge in [0.15, 0.2) is 0 Å². The first-order chi connectivity index (χ1) is 10.2. The standard InChI is InChI=1S/C15H12N4O2/c20-15(21)13-8-6-11(7-9-13)10-19-17-14(16-18-19)12-4-2-1-3-5-12/h1-9H,10H2,(H,20,21). The number of rotatable bonds is 4. The normalized spacial score (nSPS) is 10.5. The van der Waals surface area contributed by atoms with Gasteiger partial charge in [0.25, 0.3) is 0 Å². The van der Waals surface area contributed by atoms with E-state index in [1.54, 1.807) is 24.3 Å². The molecule has 6 nitrogen and oxygen atoms in total. The zero-order valence-corrected chi connectivity index (χ0v) is 11.0. The van der Waals surface area contributed by atoms with Gasteiger partial charge in [0.05, 0.1) is 12.1 Å². The molecule has 3 aromatic rings. The first-order valence-electron chi connectivity index (χ1n) is 6.38. The van der Waals surface area contributed by atoms with E-state index in [9.17, 15) is 4.79 Å². The van der Waals surface area contributed by atoms with E-state index in [1.165, 1.54) is 4.80 Å². The van der Waals surface area contributed by atoms with Crippen LogP contribution in [0.3, 0.4) is 0 Å².